The number of carbonyl (C=O) groups excluding carboxylic acids is 1. The fourth-order valence-electron chi connectivity index (χ4n) is 4.13. The first-order valence-electron chi connectivity index (χ1n) is 10.5. The Bertz CT molecular complexity index is 1140. The number of rotatable bonds is 5. The monoisotopic (exact) mass is 457 g/mol. The zero-order valence-corrected chi connectivity index (χ0v) is 19.4. The van der Waals surface area contributed by atoms with Gasteiger partial charge in [-0.3, -0.25) is 15.3 Å². The Kier molecular flexibility index (Phi) is 6.04. The van der Waals surface area contributed by atoms with Crippen molar-refractivity contribution in [3.8, 4) is 0 Å². The van der Waals surface area contributed by atoms with Gasteiger partial charge in [0, 0.05) is 49.6 Å². The van der Waals surface area contributed by atoms with E-state index in [1.54, 1.807) is 6.20 Å². The summed E-state index contributed by atoms with van der Waals surface area (Å²) in [7, 11) is -1.30. The molecule has 2 amide bonds. The molecule has 0 bridgehead atoms. The van der Waals surface area contributed by atoms with E-state index in [0.717, 1.165) is 22.6 Å². The molecule has 2 aromatic rings. The Morgan fingerprint density at radius 2 is 1.84 bits per heavy atom. The van der Waals surface area contributed by atoms with Gasteiger partial charge in [0.25, 0.3) is 0 Å². The van der Waals surface area contributed by atoms with E-state index < -0.39 is 10.0 Å². The van der Waals surface area contributed by atoms with Gasteiger partial charge >= 0.3 is 6.03 Å². The van der Waals surface area contributed by atoms with E-state index in [9.17, 15) is 13.2 Å². The zero-order valence-electron chi connectivity index (χ0n) is 18.6. The van der Waals surface area contributed by atoms with Gasteiger partial charge in [-0.05, 0) is 25.1 Å². The number of carbonyl (C=O) groups is 1. The lowest BCUT2D eigenvalue weighted by Gasteiger charge is -2.36. The molecule has 3 heterocycles. The van der Waals surface area contributed by atoms with Crippen molar-refractivity contribution in [2.75, 3.05) is 51.5 Å². The molecular formula is C22H29N6O3S+. The third-order valence-corrected chi connectivity index (χ3v) is 7.44. The molecule has 4 rings (SSSR count). The van der Waals surface area contributed by atoms with Crippen molar-refractivity contribution in [3.63, 3.8) is 0 Å². The third kappa shape index (κ3) is 4.40. The van der Waals surface area contributed by atoms with E-state index in [4.69, 9.17) is 0 Å². The number of pyridine rings is 1. The molecule has 1 unspecified atom stereocenters. The van der Waals surface area contributed by atoms with Gasteiger partial charge in [0.1, 0.15) is 5.70 Å². The number of nitrogens with zero attached hydrogens (tertiary/aromatic N) is 4. The lowest BCUT2D eigenvalue weighted by molar-refractivity contribution is 0.187. The first-order valence-corrected chi connectivity index (χ1v) is 12.4. The highest BCUT2D eigenvalue weighted by atomic mass is 32.2. The second-order valence-electron chi connectivity index (χ2n) is 8.38. The van der Waals surface area contributed by atoms with Crippen LogP contribution in [-0.4, -0.2) is 74.7 Å². The summed E-state index contributed by atoms with van der Waals surface area (Å²) in [5.74, 6) is 0. The lowest BCUT2D eigenvalue weighted by atomic mass is 10.2. The minimum Gasteiger partial charge on any atom is -0.293 e. The summed E-state index contributed by atoms with van der Waals surface area (Å²) in [6.45, 7) is 4.63. The first kappa shape index (κ1) is 22.4. The minimum atomic E-state index is -3.18. The van der Waals surface area contributed by atoms with Crippen LogP contribution in [0, 0.1) is 6.92 Å². The Hall–Kier alpha value is -2.79. The van der Waals surface area contributed by atoms with Crippen LogP contribution in [0.5, 0.6) is 0 Å². The van der Waals surface area contributed by atoms with Crippen molar-refractivity contribution < 1.29 is 13.2 Å². The summed E-state index contributed by atoms with van der Waals surface area (Å²) in [5, 5.41) is 0. The Morgan fingerprint density at radius 1 is 1.12 bits per heavy atom. The summed E-state index contributed by atoms with van der Waals surface area (Å²) in [6, 6.07) is 11.4. The summed E-state index contributed by atoms with van der Waals surface area (Å²) in [5.41, 5.74) is 10.2. The standard InChI is InChI=1S/C22H28N6O3S/c1-17-8-9-19(15-23-17)24-25-22(29)28(2)20(14-18-6-4-5-7-21(18)28)16-26-10-12-27(13-11-26)32(3,30)31/h4-9,14-15,24H,10-13,16H2,1-3H3/p+1. The maximum Gasteiger partial charge on any atom is 0.444 e. The highest BCUT2D eigenvalue weighted by molar-refractivity contribution is 7.88. The van der Waals surface area contributed by atoms with Gasteiger partial charge in [0.2, 0.25) is 10.0 Å². The molecule has 2 aliphatic heterocycles. The Balaban J connectivity index is 1.51. The van der Waals surface area contributed by atoms with Gasteiger partial charge in [-0.15, -0.1) is 0 Å². The van der Waals surface area contributed by atoms with E-state index in [1.165, 1.54) is 10.6 Å². The Morgan fingerprint density at radius 3 is 2.50 bits per heavy atom. The van der Waals surface area contributed by atoms with Crippen LogP contribution in [0.2, 0.25) is 0 Å². The van der Waals surface area contributed by atoms with Crippen LogP contribution >= 0.6 is 0 Å². The largest absolute Gasteiger partial charge is 0.444 e. The number of hydrazine groups is 1. The number of aryl methyl sites for hydroxylation is 1. The van der Waals surface area contributed by atoms with E-state index in [0.29, 0.717) is 38.4 Å². The minimum absolute atomic E-state index is 0.00520. The molecule has 1 saturated heterocycles. The molecule has 2 aliphatic rings. The lowest BCUT2D eigenvalue weighted by Crippen LogP contribution is -2.58. The molecule has 1 aromatic carbocycles. The summed E-state index contributed by atoms with van der Waals surface area (Å²) >= 11 is 0. The van der Waals surface area contributed by atoms with E-state index in [-0.39, 0.29) is 10.5 Å². The van der Waals surface area contributed by atoms with Crippen LogP contribution in [0.3, 0.4) is 0 Å². The molecule has 0 spiro atoms. The SMILES string of the molecule is Cc1ccc(NNC(=O)[N+]2(C)C(CN3CCN(S(C)(=O)=O)CC3)=Cc3ccccc32)cn1. The van der Waals surface area contributed by atoms with E-state index >= 15 is 0 Å². The number of nitrogens with one attached hydrogen (secondary N) is 2. The highest BCUT2D eigenvalue weighted by Gasteiger charge is 2.45. The molecule has 1 aromatic heterocycles. The number of benzene rings is 1. The number of amides is 2. The number of quaternary nitrogens is 1. The molecule has 2 N–H and O–H groups in total. The zero-order chi connectivity index (χ0) is 22.9. The molecule has 9 nitrogen and oxygen atoms in total. The molecule has 1 atom stereocenters. The molecule has 32 heavy (non-hydrogen) atoms. The average Bonchev–Trinajstić information content (AvgIpc) is 3.05. The van der Waals surface area contributed by atoms with Gasteiger partial charge in [-0.2, -0.15) is 8.79 Å². The summed E-state index contributed by atoms with van der Waals surface area (Å²) in [4.78, 5) is 19.9. The number of sulfonamides is 1. The number of aromatic nitrogens is 1. The fourth-order valence-corrected chi connectivity index (χ4v) is 4.96. The second kappa shape index (κ2) is 8.62. The topological polar surface area (TPSA) is 94.6 Å². The first-order chi connectivity index (χ1) is 15.2. The number of urea groups is 1. The van der Waals surface area contributed by atoms with Gasteiger partial charge in [-0.25, -0.2) is 18.6 Å². The van der Waals surface area contributed by atoms with Crippen molar-refractivity contribution in [1.29, 1.82) is 0 Å². The van der Waals surface area contributed by atoms with E-state index in [2.05, 4.69) is 26.8 Å². The fraction of sp³-hybridized carbons (Fsp3) is 0.364. The van der Waals surface area contributed by atoms with Gasteiger partial charge < -0.3 is 0 Å². The Labute approximate surface area is 189 Å². The number of piperazine rings is 1. The normalized spacial score (nSPS) is 21.7. The van der Waals surface area contributed by atoms with Crippen LogP contribution in [0.1, 0.15) is 11.3 Å². The molecule has 1 fully saturated rings. The number of fused-ring (bicyclic) bond motifs is 1. The van der Waals surface area contributed by atoms with Crippen LogP contribution in [-0.2, 0) is 10.0 Å². The molecule has 170 valence electrons. The summed E-state index contributed by atoms with van der Waals surface area (Å²) in [6.07, 6.45) is 4.98. The third-order valence-electron chi connectivity index (χ3n) is 6.13. The number of hydrogen-bond donors (Lipinski definition) is 2. The molecular weight excluding hydrogens is 428 g/mol. The van der Waals surface area contributed by atoms with Crippen molar-refractivity contribution in [3.05, 3.63) is 59.5 Å². The summed E-state index contributed by atoms with van der Waals surface area (Å²) < 4.78 is 25.1. The van der Waals surface area contributed by atoms with E-state index in [1.807, 2.05) is 50.4 Å². The smallest absolute Gasteiger partial charge is 0.293 e. The number of hydrogen-bond acceptors (Lipinski definition) is 6. The second-order valence-corrected chi connectivity index (χ2v) is 10.4. The van der Waals surface area contributed by atoms with Crippen LogP contribution < -0.4 is 15.3 Å². The molecule has 10 heteroatoms. The maximum absolute atomic E-state index is 13.4. The molecule has 0 radical (unpaired) electrons. The highest BCUT2D eigenvalue weighted by Crippen LogP contribution is 2.39. The average molecular weight is 458 g/mol. The molecule has 0 aliphatic carbocycles. The van der Waals surface area contributed by atoms with Gasteiger partial charge in [0.15, 0.2) is 5.69 Å². The predicted octanol–water partition coefficient (Wildman–Crippen LogP) is 2.00. The predicted molar refractivity (Wildman–Crippen MR) is 126 cm³/mol. The van der Waals surface area contributed by atoms with Crippen LogP contribution in [0.25, 0.3) is 6.08 Å². The number of anilines is 1. The molecule has 0 saturated carbocycles. The van der Waals surface area contributed by atoms with Crippen molar-refractivity contribution in [1.82, 2.24) is 24.1 Å². The van der Waals surface area contributed by atoms with Crippen LogP contribution in [0.4, 0.5) is 16.2 Å². The maximum atomic E-state index is 13.4. The van der Waals surface area contributed by atoms with Crippen molar-refractivity contribution in [2.45, 2.75) is 6.92 Å². The van der Waals surface area contributed by atoms with Crippen molar-refractivity contribution >= 4 is 33.5 Å². The quantitative estimate of drug-likeness (QED) is 0.527. The van der Waals surface area contributed by atoms with Gasteiger partial charge in [-0.1, -0.05) is 12.1 Å². The van der Waals surface area contributed by atoms with Crippen molar-refractivity contribution in [2.24, 2.45) is 0 Å². The van der Waals surface area contributed by atoms with Crippen LogP contribution in [0.15, 0.2) is 48.3 Å². The number of para-hydroxylation sites is 1. The van der Waals surface area contributed by atoms with Gasteiger partial charge in [0.05, 0.1) is 31.7 Å². The number of likely N-dealkylation sites (N-methyl/N-ethyl adjacent to an activating group) is 1.